The zero-order valence-corrected chi connectivity index (χ0v) is 11.5. The predicted octanol–water partition coefficient (Wildman–Crippen LogP) is 3.78. The Hall–Kier alpha value is -1.02. The van der Waals surface area contributed by atoms with Gasteiger partial charge >= 0.3 is 0 Å². The van der Waals surface area contributed by atoms with Gasteiger partial charge in [0.25, 0.3) is 0 Å². The summed E-state index contributed by atoms with van der Waals surface area (Å²) in [4.78, 5) is 0. The minimum Gasteiger partial charge on any atom is -0.493 e. The van der Waals surface area contributed by atoms with Gasteiger partial charge in [0, 0.05) is 11.6 Å². The molecular weight excluding hydrogens is 210 g/mol. The largest absolute Gasteiger partial charge is 0.493 e. The van der Waals surface area contributed by atoms with Crippen molar-refractivity contribution in [3.05, 3.63) is 29.8 Å². The maximum absolute atomic E-state index is 5.93. The van der Waals surface area contributed by atoms with E-state index >= 15 is 0 Å². The van der Waals surface area contributed by atoms with Gasteiger partial charge in [-0.25, -0.2) is 0 Å². The third-order valence-electron chi connectivity index (χ3n) is 3.27. The molecule has 0 heterocycles. The fourth-order valence-electron chi connectivity index (χ4n) is 1.83. The molecule has 0 fully saturated rings. The van der Waals surface area contributed by atoms with Crippen molar-refractivity contribution in [2.75, 3.05) is 13.7 Å². The first-order valence-electron chi connectivity index (χ1n) is 6.61. The Balaban J connectivity index is 2.76. The lowest BCUT2D eigenvalue weighted by Gasteiger charge is -2.20. The van der Waals surface area contributed by atoms with Crippen LogP contribution in [-0.2, 0) is 0 Å². The topological polar surface area (TPSA) is 21.3 Å². The van der Waals surface area contributed by atoms with Gasteiger partial charge in [0.1, 0.15) is 5.75 Å². The van der Waals surface area contributed by atoms with Crippen molar-refractivity contribution in [1.82, 2.24) is 5.32 Å². The number of rotatable bonds is 7. The summed E-state index contributed by atoms with van der Waals surface area (Å²) in [7, 11) is 2.00. The van der Waals surface area contributed by atoms with Crippen LogP contribution < -0.4 is 10.1 Å². The Morgan fingerprint density at radius 1 is 1.18 bits per heavy atom. The molecule has 96 valence electrons. The molecule has 0 saturated carbocycles. The van der Waals surface area contributed by atoms with Crippen LogP contribution in [0.2, 0.25) is 0 Å². The molecule has 1 aromatic carbocycles. The van der Waals surface area contributed by atoms with Crippen molar-refractivity contribution in [3.8, 4) is 5.75 Å². The average Bonchev–Trinajstić information content (AvgIpc) is 2.38. The lowest BCUT2D eigenvalue weighted by atomic mass is 10.0. The van der Waals surface area contributed by atoms with Crippen molar-refractivity contribution in [1.29, 1.82) is 0 Å². The van der Waals surface area contributed by atoms with E-state index in [0.29, 0.717) is 12.0 Å². The Bertz CT molecular complexity index is 320. The number of hydrogen-bond acceptors (Lipinski definition) is 2. The molecule has 1 aromatic rings. The van der Waals surface area contributed by atoms with Crippen LogP contribution in [-0.4, -0.2) is 13.7 Å². The Morgan fingerprint density at radius 3 is 2.47 bits per heavy atom. The summed E-state index contributed by atoms with van der Waals surface area (Å²) in [5.41, 5.74) is 1.26. The molecule has 0 bridgehead atoms. The summed E-state index contributed by atoms with van der Waals surface area (Å²) >= 11 is 0. The number of nitrogens with one attached hydrogen (secondary N) is 1. The van der Waals surface area contributed by atoms with Gasteiger partial charge in [0.15, 0.2) is 0 Å². The molecular formula is C15H25NO. The number of ether oxygens (including phenoxy) is 1. The van der Waals surface area contributed by atoms with E-state index in [1.807, 2.05) is 13.1 Å². The maximum atomic E-state index is 5.93. The highest BCUT2D eigenvalue weighted by molar-refractivity contribution is 5.35. The SMILES string of the molecule is CCC(C)COc1ccccc1C(CC)NC. The van der Waals surface area contributed by atoms with Gasteiger partial charge in [-0.3, -0.25) is 0 Å². The molecule has 2 nitrogen and oxygen atoms in total. The molecule has 0 saturated heterocycles. The van der Waals surface area contributed by atoms with E-state index in [2.05, 4.69) is 44.3 Å². The van der Waals surface area contributed by atoms with Gasteiger partial charge < -0.3 is 10.1 Å². The fraction of sp³-hybridized carbons (Fsp3) is 0.600. The lowest BCUT2D eigenvalue weighted by Crippen LogP contribution is -2.17. The highest BCUT2D eigenvalue weighted by atomic mass is 16.5. The first-order chi connectivity index (χ1) is 8.22. The van der Waals surface area contributed by atoms with Crippen LogP contribution >= 0.6 is 0 Å². The molecule has 0 aliphatic carbocycles. The highest BCUT2D eigenvalue weighted by Crippen LogP contribution is 2.27. The third-order valence-corrected chi connectivity index (χ3v) is 3.27. The summed E-state index contributed by atoms with van der Waals surface area (Å²) in [6.07, 6.45) is 2.23. The van der Waals surface area contributed by atoms with E-state index in [1.165, 1.54) is 5.56 Å². The second kappa shape index (κ2) is 7.33. The summed E-state index contributed by atoms with van der Waals surface area (Å²) < 4.78 is 5.93. The fourth-order valence-corrected chi connectivity index (χ4v) is 1.83. The van der Waals surface area contributed by atoms with E-state index in [-0.39, 0.29) is 0 Å². The van der Waals surface area contributed by atoms with Gasteiger partial charge in [0.05, 0.1) is 6.61 Å². The standard InChI is InChI=1S/C15H25NO/c1-5-12(3)11-17-15-10-8-7-9-13(15)14(6-2)16-4/h7-10,12,14,16H,5-6,11H2,1-4H3. The molecule has 0 aliphatic heterocycles. The molecule has 1 rings (SSSR count). The molecule has 2 unspecified atom stereocenters. The van der Waals surface area contributed by atoms with Crippen LogP contribution in [0, 0.1) is 5.92 Å². The minimum absolute atomic E-state index is 0.378. The Labute approximate surface area is 105 Å². The molecule has 0 aliphatic rings. The van der Waals surface area contributed by atoms with Crippen molar-refractivity contribution >= 4 is 0 Å². The van der Waals surface area contributed by atoms with Crippen molar-refractivity contribution in [3.63, 3.8) is 0 Å². The second-order valence-corrected chi connectivity index (χ2v) is 4.61. The van der Waals surface area contributed by atoms with E-state index in [1.54, 1.807) is 0 Å². The summed E-state index contributed by atoms with van der Waals surface area (Å²) in [6.45, 7) is 7.40. The van der Waals surface area contributed by atoms with Crippen LogP contribution in [0.5, 0.6) is 5.75 Å². The lowest BCUT2D eigenvalue weighted by molar-refractivity contribution is 0.252. The van der Waals surface area contributed by atoms with Crippen LogP contribution in [0.4, 0.5) is 0 Å². The number of para-hydroxylation sites is 1. The van der Waals surface area contributed by atoms with Gasteiger partial charge in [-0.05, 0) is 25.5 Å². The third kappa shape index (κ3) is 4.04. The summed E-state index contributed by atoms with van der Waals surface area (Å²) in [5, 5.41) is 3.33. The highest BCUT2D eigenvalue weighted by Gasteiger charge is 2.12. The quantitative estimate of drug-likeness (QED) is 0.776. The van der Waals surface area contributed by atoms with E-state index in [4.69, 9.17) is 4.74 Å². The van der Waals surface area contributed by atoms with Gasteiger partial charge in [-0.2, -0.15) is 0 Å². The molecule has 0 spiro atoms. The first kappa shape index (κ1) is 14.0. The van der Waals surface area contributed by atoms with E-state index in [0.717, 1.165) is 25.2 Å². The zero-order chi connectivity index (χ0) is 12.7. The van der Waals surface area contributed by atoms with Crippen molar-refractivity contribution in [2.24, 2.45) is 5.92 Å². The second-order valence-electron chi connectivity index (χ2n) is 4.61. The molecule has 0 amide bonds. The first-order valence-corrected chi connectivity index (χ1v) is 6.61. The summed E-state index contributed by atoms with van der Waals surface area (Å²) in [5.74, 6) is 1.63. The molecule has 0 radical (unpaired) electrons. The van der Waals surface area contributed by atoms with E-state index in [9.17, 15) is 0 Å². The normalized spacial score (nSPS) is 14.4. The van der Waals surface area contributed by atoms with Gasteiger partial charge in [0.2, 0.25) is 0 Å². The molecule has 17 heavy (non-hydrogen) atoms. The summed E-state index contributed by atoms with van der Waals surface area (Å²) in [6, 6.07) is 8.71. The number of benzene rings is 1. The van der Waals surface area contributed by atoms with Crippen LogP contribution in [0.3, 0.4) is 0 Å². The Kier molecular flexibility index (Phi) is 6.06. The zero-order valence-electron chi connectivity index (χ0n) is 11.5. The maximum Gasteiger partial charge on any atom is 0.124 e. The molecule has 1 N–H and O–H groups in total. The number of hydrogen-bond donors (Lipinski definition) is 1. The van der Waals surface area contributed by atoms with Crippen molar-refractivity contribution < 1.29 is 4.74 Å². The van der Waals surface area contributed by atoms with Gasteiger partial charge in [-0.15, -0.1) is 0 Å². The van der Waals surface area contributed by atoms with E-state index < -0.39 is 0 Å². The van der Waals surface area contributed by atoms with Gasteiger partial charge in [-0.1, -0.05) is 45.4 Å². The van der Waals surface area contributed by atoms with Crippen LogP contribution in [0.15, 0.2) is 24.3 Å². The predicted molar refractivity (Wildman–Crippen MR) is 73.5 cm³/mol. The van der Waals surface area contributed by atoms with Crippen molar-refractivity contribution in [2.45, 2.75) is 39.7 Å². The molecule has 0 aromatic heterocycles. The monoisotopic (exact) mass is 235 g/mol. The molecule has 2 heteroatoms. The smallest absolute Gasteiger partial charge is 0.124 e. The van der Waals surface area contributed by atoms with Crippen LogP contribution in [0.1, 0.15) is 45.2 Å². The molecule has 2 atom stereocenters. The minimum atomic E-state index is 0.378. The average molecular weight is 235 g/mol. The Morgan fingerprint density at radius 2 is 1.88 bits per heavy atom. The van der Waals surface area contributed by atoms with Crippen LogP contribution in [0.25, 0.3) is 0 Å².